The number of hydrogen-bond donors (Lipinski definition) is 3. The molecule has 0 aliphatic rings. The van der Waals surface area contributed by atoms with Gasteiger partial charge in [-0.2, -0.15) is 0 Å². The third kappa shape index (κ3) is 4.23. The number of nitrogens with one attached hydrogen (secondary N) is 2. The lowest BCUT2D eigenvalue weighted by Gasteiger charge is -2.10. The Morgan fingerprint density at radius 3 is 2.72 bits per heavy atom. The van der Waals surface area contributed by atoms with E-state index in [1.54, 1.807) is 36.5 Å². The number of nitrogens with zero attached hydrogens (tertiary/aromatic N) is 1. The second-order valence-electron chi connectivity index (χ2n) is 4.99. The van der Waals surface area contributed by atoms with Gasteiger partial charge < -0.3 is 15.7 Å². The zero-order valence-electron chi connectivity index (χ0n) is 12.7. The number of aromatic carboxylic acids is 1. The van der Waals surface area contributed by atoms with Gasteiger partial charge in [0.05, 0.1) is 11.3 Å². The summed E-state index contributed by atoms with van der Waals surface area (Å²) >= 11 is 4.67. The quantitative estimate of drug-likeness (QED) is 0.564. The predicted molar refractivity (Wildman–Crippen MR) is 101 cm³/mol. The van der Waals surface area contributed by atoms with Crippen molar-refractivity contribution in [3.05, 3.63) is 69.6 Å². The maximum atomic E-state index is 12.5. The Labute approximate surface area is 155 Å². The summed E-state index contributed by atoms with van der Waals surface area (Å²) in [4.78, 5) is 27.9. The lowest BCUT2D eigenvalue weighted by molar-refractivity contribution is 0.0698. The third-order valence-electron chi connectivity index (χ3n) is 3.27. The van der Waals surface area contributed by atoms with Crippen LogP contribution >= 0.6 is 27.3 Å². The minimum Gasteiger partial charge on any atom is -0.478 e. The molecule has 3 aromatic rings. The van der Waals surface area contributed by atoms with E-state index >= 15 is 0 Å². The summed E-state index contributed by atoms with van der Waals surface area (Å²) in [5.41, 5.74) is 1.37. The summed E-state index contributed by atoms with van der Waals surface area (Å²) in [6, 6.07) is 11.5. The summed E-state index contributed by atoms with van der Waals surface area (Å²) in [6.45, 7) is 0. The topological polar surface area (TPSA) is 91.3 Å². The number of anilines is 3. The van der Waals surface area contributed by atoms with Crippen molar-refractivity contribution in [2.45, 2.75) is 0 Å². The Bertz CT molecular complexity index is 929. The number of aromatic nitrogens is 1. The smallest absolute Gasteiger partial charge is 0.337 e. The van der Waals surface area contributed by atoms with Crippen LogP contribution in [-0.4, -0.2) is 22.0 Å². The van der Waals surface area contributed by atoms with Crippen molar-refractivity contribution in [1.82, 2.24) is 4.98 Å². The molecule has 1 heterocycles. The van der Waals surface area contributed by atoms with Crippen molar-refractivity contribution in [3.63, 3.8) is 0 Å². The van der Waals surface area contributed by atoms with Crippen LogP contribution in [0.25, 0.3) is 0 Å². The molecule has 1 amide bonds. The van der Waals surface area contributed by atoms with Crippen molar-refractivity contribution in [2.24, 2.45) is 0 Å². The molecule has 0 spiro atoms. The normalized spacial score (nSPS) is 10.3. The van der Waals surface area contributed by atoms with Gasteiger partial charge in [-0.15, -0.1) is 11.3 Å². The Morgan fingerprint density at radius 2 is 2.00 bits per heavy atom. The van der Waals surface area contributed by atoms with Gasteiger partial charge >= 0.3 is 5.97 Å². The number of hydrogen-bond acceptors (Lipinski definition) is 5. The molecule has 0 saturated heterocycles. The SMILES string of the molecule is O=C(Nc1ccc(Br)cc1C(=O)O)c1cccc(Nc2nccs2)c1. The van der Waals surface area contributed by atoms with Crippen LogP contribution < -0.4 is 10.6 Å². The summed E-state index contributed by atoms with van der Waals surface area (Å²) in [7, 11) is 0. The van der Waals surface area contributed by atoms with Crippen LogP contribution in [0.3, 0.4) is 0 Å². The maximum absolute atomic E-state index is 12.5. The summed E-state index contributed by atoms with van der Waals surface area (Å²) < 4.78 is 0.623. The molecule has 0 aliphatic heterocycles. The number of rotatable bonds is 5. The van der Waals surface area contributed by atoms with E-state index in [4.69, 9.17) is 0 Å². The molecule has 0 atom stereocenters. The lowest BCUT2D eigenvalue weighted by atomic mass is 10.1. The molecule has 126 valence electrons. The summed E-state index contributed by atoms with van der Waals surface area (Å²) in [5, 5.41) is 17.6. The monoisotopic (exact) mass is 417 g/mol. The Balaban J connectivity index is 1.81. The summed E-state index contributed by atoms with van der Waals surface area (Å²) in [5.74, 6) is -1.51. The third-order valence-corrected chi connectivity index (χ3v) is 4.45. The zero-order valence-corrected chi connectivity index (χ0v) is 15.1. The van der Waals surface area contributed by atoms with Gasteiger partial charge in [-0.05, 0) is 36.4 Å². The maximum Gasteiger partial charge on any atom is 0.337 e. The first kappa shape index (κ1) is 17.1. The van der Waals surface area contributed by atoms with Crippen molar-refractivity contribution < 1.29 is 14.7 Å². The molecule has 0 aliphatic carbocycles. The van der Waals surface area contributed by atoms with Crippen LogP contribution in [0.5, 0.6) is 0 Å². The first-order chi connectivity index (χ1) is 12.0. The van der Waals surface area contributed by atoms with E-state index in [-0.39, 0.29) is 11.3 Å². The summed E-state index contributed by atoms with van der Waals surface area (Å²) in [6.07, 6.45) is 1.69. The van der Waals surface area contributed by atoms with E-state index in [2.05, 4.69) is 31.5 Å². The average molecular weight is 418 g/mol. The number of halogens is 1. The van der Waals surface area contributed by atoms with Crippen molar-refractivity contribution >= 4 is 55.6 Å². The fourth-order valence-electron chi connectivity index (χ4n) is 2.14. The van der Waals surface area contributed by atoms with Crippen LogP contribution in [0.2, 0.25) is 0 Å². The van der Waals surface area contributed by atoms with Crippen LogP contribution in [0.15, 0.2) is 58.5 Å². The molecule has 0 unspecified atom stereocenters. The molecule has 8 heteroatoms. The van der Waals surface area contributed by atoms with Crippen molar-refractivity contribution in [2.75, 3.05) is 10.6 Å². The fraction of sp³-hybridized carbons (Fsp3) is 0. The highest BCUT2D eigenvalue weighted by Crippen LogP contribution is 2.23. The van der Waals surface area contributed by atoms with E-state index in [0.29, 0.717) is 10.0 Å². The first-order valence-corrected chi connectivity index (χ1v) is 8.81. The van der Waals surface area contributed by atoms with E-state index in [1.807, 2.05) is 11.4 Å². The van der Waals surface area contributed by atoms with Crippen LogP contribution in [0, 0.1) is 0 Å². The van der Waals surface area contributed by atoms with E-state index in [9.17, 15) is 14.7 Å². The predicted octanol–water partition coefficient (Wildman–Crippen LogP) is 4.60. The Morgan fingerprint density at radius 1 is 1.16 bits per heavy atom. The second kappa shape index (κ2) is 7.45. The molecule has 0 fully saturated rings. The van der Waals surface area contributed by atoms with Crippen LogP contribution in [0.1, 0.15) is 20.7 Å². The van der Waals surface area contributed by atoms with Gasteiger partial charge in [0.1, 0.15) is 0 Å². The molecule has 0 radical (unpaired) electrons. The van der Waals surface area contributed by atoms with Gasteiger partial charge in [-0.25, -0.2) is 9.78 Å². The van der Waals surface area contributed by atoms with Crippen LogP contribution in [-0.2, 0) is 0 Å². The number of thiazole rings is 1. The fourth-order valence-corrected chi connectivity index (χ4v) is 3.05. The zero-order chi connectivity index (χ0) is 17.8. The van der Waals surface area contributed by atoms with Gasteiger partial charge in [0.15, 0.2) is 5.13 Å². The number of amides is 1. The highest BCUT2D eigenvalue weighted by Gasteiger charge is 2.14. The van der Waals surface area contributed by atoms with Gasteiger partial charge in [-0.1, -0.05) is 22.0 Å². The Hall–Kier alpha value is -2.71. The van der Waals surface area contributed by atoms with Crippen molar-refractivity contribution in [3.8, 4) is 0 Å². The molecule has 0 saturated carbocycles. The number of carbonyl (C=O) groups is 2. The number of carboxylic acids is 1. The minimum atomic E-state index is -1.12. The molecule has 2 aromatic carbocycles. The number of benzene rings is 2. The molecule has 3 rings (SSSR count). The highest BCUT2D eigenvalue weighted by atomic mass is 79.9. The second-order valence-corrected chi connectivity index (χ2v) is 6.80. The lowest BCUT2D eigenvalue weighted by Crippen LogP contribution is -2.15. The Kier molecular flexibility index (Phi) is 5.11. The van der Waals surface area contributed by atoms with Crippen LogP contribution in [0.4, 0.5) is 16.5 Å². The molecule has 3 N–H and O–H groups in total. The van der Waals surface area contributed by atoms with Gasteiger partial charge in [0, 0.05) is 27.3 Å². The van der Waals surface area contributed by atoms with Gasteiger partial charge in [0.2, 0.25) is 0 Å². The molecular formula is C17H12BrN3O3S. The van der Waals surface area contributed by atoms with Gasteiger partial charge in [0.25, 0.3) is 5.91 Å². The molecule has 1 aromatic heterocycles. The number of carbonyl (C=O) groups excluding carboxylic acids is 1. The molecular weight excluding hydrogens is 406 g/mol. The molecule has 0 bridgehead atoms. The first-order valence-electron chi connectivity index (χ1n) is 7.14. The van der Waals surface area contributed by atoms with E-state index in [0.717, 1.165) is 10.8 Å². The average Bonchev–Trinajstić information content (AvgIpc) is 3.09. The molecule has 25 heavy (non-hydrogen) atoms. The number of carboxylic acid groups (broad SMARTS) is 1. The molecule has 6 nitrogen and oxygen atoms in total. The highest BCUT2D eigenvalue weighted by molar-refractivity contribution is 9.10. The van der Waals surface area contributed by atoms with Crippen molar-refractivity contribution in [1.29, 1.82) is 0 Å². The standard InChI is InChI=1S/C17H12BrN3O3S/c18-11-4-5-14(13(9-11)16(23)24)21-15(22)10-2-1-3-12(8-10)20-17-19-6-7-25-17/h1-9H,(H,19,20)(H,21,22)(H,23,24). The largest absolute Gasteiger partial charge is 0.478 e. The van der Waals surface area contributed by atoms with E-state index in [1.165, 1.54) is 17.4 Å². The van der Waals surface area contributed by atoms with Gasteiger partial charge in [-0.3, -0.25) is 4.79 Å². The minimum absolute atomic E-state index is 0.0137. The van der Waals surface area contributed by atoms with E-state index < -0.39 is 11.9 Å².